The van der Waals surface area contributed by atoms with Crippen LogP contribution in [0.2, 0.25) is 10.0 Å². The smallest absolute Gasteiger partial charge is 0.292 e. The Labute approximate surface area is 140 Å². The molecule has 0 bridgehead atoms. The molecule has 0 saturated carbocycles. The largest absolute Gasteiger partial charge is 0.508 e. The average Bonchev–Trinajstić information content (AvgIpc) is 2.90. The molecule has 6 nitrogen and oxygen atoms in total. The lowest BCUT2D eigenvalue weighted by Crippen LogP contribution is -1.96. The molecule has 3 rings (SSSR count). The first-order valence-electron chi connectivity index (χ1n) is 6.51. The van der Waals surface area contributed by atoms with E-state index in [1.807, 2.05) is 0 Å². The second-order valence-electron chi connectivity index (χ2n) is 4.65. The fourth-order valence-electron chi connectivity index (χ4n) is 1.95. The summed E-state index contributed by atoms with van der Waals surface area (Å²) in [5.74, 6) is 0.125. The first-order valence-corrected chi connectivity index (χ1v) is 7.27. The van der Waals surface area contributed by atoms with E-state index in [1.165, 1.54) is 12.1 Å². The number of H-pyrrole nitrogens is 2. The summed E-state index contributed by atoms with van der Waals surface area (Å²) in [6, 6.07) is 11.1. The van der Waals surface area contributed by atoms with Crippen LogP contribution in [0.5, 0.6) is 5.75 Å². The van der Waals surface area contributed by atoms with Crippen LogP contribution in [0, 0.1) is 0 Å². The molecule has 0 spiro atoms. The number of hydrogen-bond donors (Lipinski definition) is 3. The normalized spacial score (nSPS) is 11.2. The molecule has 0 aliphatic heterocycles. The number of phenolic OH excluding ortho intramolecular Hbond substituents is 1. The van der Waals surface area contributed by atoms with Gasteiger partial charge in [0.15, 0.2) is 5.69 Å². The predicted octanol–water partition coefficient (Wildman–Crippen LogP) is 4.80. The van der Waals surface area contributed by atoms with Crippen LogP contribution in [-0.2, 0) is 0 Å². The number of aromatic nitrogens is 2. The zero-order chi connectivity index (χ0) is 16.4. The molecule has 23 heavy (non-hydrogen) atoms. The van der Waals surface area contributed by atoms with E-state index in [0.29, 0.717) is 27.0 Å². The van der Waals surface area contributed by atoms with Gasteiger partial charge in [-0.15, -0.1) is 10.2 Å². The van der Waals surface area contributed by atoms with Gasteiger partial charge < -0.3 is 5.11 Å². The molecule has 116 valence electrons. The molecule has 1 heterocycles. The van der Waals surface area contributed by atoms with Gasteiger partial charge in [-0.3, -0.25) is 15.0 Å². The summed E-state index contributed by atoms with van der Waals surface area (Å²) in [4.78, 5) is 11.9. The third-order valence-corrected chi connectivity index (χ3v) is 3.63. The number of nitrogens with zero attached hydrogens (tertiary/aromatic N) is 2. The van der Waals surface area contributed by atoms with E-state index in [9.17, 15) is 9.90 Å². The van der Waals surface area contributed by atoms with Crippen molar-refractivity contribution in [2.24, 2.45) is 10.2 Å². The highest BCUT2D eigenvalue weighted by atomic mass is 35.5. The highest BCUT2D eigenvalue weighted by Crippen LogP contribution is 2.31. The maximum absolute atomic E-state index is 11.9. The standard InChI is InChI=1S/C15H10Cl2N4O2/c16-9-3-6-11(17)12(7-9)18-20-14-13(19-21-15(14)23)8-1-4-10(22)5-2-8/h1-7,22H,(H2,19,21,23). The molecule has 0 radical (unpaired) electrons. The van der Waals surface area contributed by atoms with E-state index >= 15 is 0 Å². The summed E-state index contributed by atoms with van der Waals surface area (Å²) in [6.07, 6.45) is 0. The van der Waals surface area contributed by atoms with E-state index in [2.05, 4.69) is 20.4 Å². The van der Waals surface area contributed by atoms with Crippen molar-refractivity contribution < 1.29 is 5.11 Å². The van der Waals surface area contributed by atoms with E-state index in [1.54, 1.807) is 30.3 Å². The zero-order valence-electron chi connectivity index (χ0n) is 11.5. The minimum atomic E-state index is -0.421. The van der Waals surface area contributed by atoms with E-state index < -0.39 is 5.56 Å². The van der Waals surface area contributed by atoms with Gasteiger partial charge in [0.25, 0.3) is 5.56 Å². The van der Waals surface area contributed by atoms with Gasteiger partial charge in [-0.1, -0.05) is 23.2 Å². The quantitative estimate of drug-likeness (QED) is 0.593. The van der Waals surface area contributed by atoms with Crippen LogP contribution >= 0.6 is 23.2 Å². The van der Waals surface area contributed by atoms with E-state index in [-0.39, 0.29) is 11.4 Å². The van der Waals surface area contributed by atoms with Gasteiger partial charge in [0.05, 0.1) is 10.7 Å². The molecule has 1 aromatic heterocycles. The van der Waals surface area contributed by atoms with Crippen LogP contribution in [-0.4, -0.2) is 15.3 Å². The zero-order valence-corrected chi connectivity index (χ0v) is 13.1. The fraction of sp³-hybridized carbons (Fsp3) is 0. The summed E-state index contributed by atoms with van der Waals surface area (Å²) >= 11 is 11.9. The Bertz CT molecular complexity index is 929. The summed E-state index contributed by atoms with van der Waals surface area (Å²) in [6.45, 7) is 0. The lowest BCUT2D eigenvalue weighted by Gasteiger charge is -2.00. The maximum atomic E-state index is 11.9. The molecular weight excluding hydrogens is 339 g/mol. The van der Waals surface area contributed by atoms with Crippen molar-refractivity contribution in [2.75, 3.05) is 0 Å². The van der Waals surface area contributed by atoms with Crippen molar-refractivity contribution in [1.29, 1.82) is 0 Å². The van der Waals surface area contributed by atoms with E-state index in [4.69, 9.17) is 23.2 Å². The number of halogens is 2. The number of aromatic amines is 2. The fourth-order valence-corrected chi connectivity index (χ4v) is 2.27. The number of rotatable bonds is 3. The van der Waals surface area contributed by atoms with Crippen molar-refractivity contribution >= 4 is 34.6 Å². The van der Waals surface area contributed by atoms with Crippen molar-refractivity contribution in [2.45, 2.75) is 0 Å². The first-order chi connectivity index (χ1) is 11.0. The summed E-state index contributed by atoms with van der Waals surface area (Å²) in [5, 5.41) is 23.3. The molecule has 0 fully saturated rings. The van der Waals surface area contributed by atoms with Crippen LogP contribution < -0.4 is 5.56 Å². The lowest BCUT2D eigenvalue weighted by atomic mass is 10.1. The molecule has 3 aromatic rings. The number of phenols is 1. The molecular formula is C15H10Cl2N4O2. The Morgan fingerprint density at radius 3 is 2.43 bits per heavy atom. The maximum Gasteiger partial charge on any atom is 0.292 e. The minimum Gasteiger partial charge on any atom is -0.508 e. The SMILES string of the molecule is O=c1[nH][nH]c(-c2ccc(O)cc2)c1N=Nc1cc(Cl)ccc1Cl. The monoisotopic (exact) mass is 348 g/mol. The molecule has 0 unspecified atom stereocenters. The Morgan fingerprint density at radius 1 is 0.957 bits per heavy atom. The van der Waals surface area contributed by atoms with Gasteiger partial charge in [0, 0.05) is 10.6 Å². The second kappa shape index (κ2) is 6.28. The molecule has 0 aliphatic rings. The Morgan fingerprint density at radius 2 is 1.70 bits per heavy atom. The van der Waals surface area contributed by atoms with Gasteiger partial charge in [0.1, 0.15) is 11.4 Å². The molecule has 2 aromatic carbocycles. The van der Waals surface area contributed by atoms with Gasteiger partial charge in [-0.2, -0.15) is 0 Å². The van der Waals surface area contributed by atoms with Gasteiger partial charge >= 0.3 is 0 Å². The topological polar surface area (TPSA) is 93.6 Å². The van der Waals surface area contributed by atoms with Gasteiger partial charge in [-0.05, 0) is 42.5 Å². The Hall–Kier alpha value is -2.57. The second-order valence-corrected chi connectivity index (χ2v) is 5.49. The van der Waals surface area contributed by atoms with Gasteiger partial charge in [-0.25, -0.2) is 0 Å². The predicted molar refractivity (Wildman–Crippen MR) is 89.2 cm³/mol. The average molecular weight is 349 g/mol. The Kier molecular flexibility index (Phi) is 4.18. The third kappa shape index (κ3) is 3.28. The number of benzene rings is 2. The van der Waals surface area contributed by atoms with Crippen LogP contribution in [0.4, 0.5) is 11.4 Å². The van der Waals surface area contributed by atoms with Crippen LogP contribution in [0.15, 0.2) is 57.5 Å². The van der Waals surface area contributed by atoms with Crippen LogP contribution in [0.25, 0.3) is 11.3 Å². The molecule has 3 N–H and O–H groups in total. The number of nitrogens with one attached hydrogen (secondary N) is 2. The third-order valence-electron chi connectivity index (χ3n) is 3.07. The molecule has 0 atom stereocenters. The van der Waals surface area contributed by atoms with Crippen molar-refractivity contribution in [1.82, 2.24) is 10.2 Å². The van der Waals surface area contributed by atoms with Crippen LogP contribution in [0.3, 0.4) is 0 Å². The molecule has 0 aliphatic carbocycles. The van der Waals surface area contributed by atoms with Crippen LogP contribution in [0.1, 0.15) is 0 Å². The summed E-state index contributed by atoms with van der Waals surface area (Å²) < 4.78 is 0. The molecule has 0 amide bonds. The number of aromatic hydroxyl groups is 1. The lowest BCUT2D eigenvalue weighted by molar-refractivity contribution is 0.475. The molecule has 8 heteroatoms. The molecule has 0 saturated heterocycles. The summed E-state index contributed by atoms with van der Waals surface area (Å²) in [7, 11) is 0. The highest BCUT2D eigenvalue weighted by Gasteiger charge is 2.12. The first kappa shape index (κ1) is 15.3. The van der Waals surface area contributed by atoms with E-state index in [0.717, 1.165) is 0 Å². The highest BCUT2D eigenvalue weighted by molar-refractivity contribution is 6.35. The number of azo groups is 1. The minimum absolute atomic E-state index is 0.103. The van der Waals surface area contributed by atoms with Gasteiger partial charge in [0.2, 0.25) is 0 Å². The summed E-state index contributed by atoms with van der Waals surface area (Å²) in [5.41, 5.74) is 1.17. The Balaban J connectivity index is 2.02. The van der Waals surface area contributed by atoms with Crippen molar-refractivity contribution in [3.63, 3.8) is 0 Å². The number of hydrogen-bond acceptors (Lipinski definition) is 4. The van der Waals surface area contributed by atoms with Crippen molar-refractivity contribution in [3.8, 4) is 17.0 Å². The van der Waals surface area contributed by atoms with Crippen molar-refractivity contribution in [3.05, 3.63) is 62.9 Å².